The number of methoxy groups -OCH3 is 1. The number of rotatable bonds is 5. The molecule has 2 aliphatic rings. The summed E-state index contributed by atoms with van der Waals surface area (Å²) >= 11 is 1.73. The Morgan fingerprint density at radius 2 is 1.83 bits per heavy atom. The van der Waals surface area contributed by atoms with Crippen molar-refractivity contribution in [2.75, 3.05) is 26.7 Å². The highest BCUT2D eigenvalue weighted by Crippen LogP contribution is 2.35. The van der Waals surface area contributed by atoms with Crippen molar-refractivity contribution in [3.63, 3.8) is 0 Å². The Kier molecular flexibility index (Phi) is 6.83. The number of thiazole rings is 1. The predicted molar refractivity (Wildman–Crippen MR) is 138 cm³/mol. The number of fused-ring (bicyclic) bond motifs is 1. The maximum atomic E-state index is 13.5. The number of piperidine rings is 2. The van der Waals surface area contributed by atoms with Gasteiger partial charge in [-0.05, 0) is 62.9 Å². The lowest BCUT2D eigenvalue weighted by molar-refractivity contribution is 0.0712. The van der Waals surface area contributed by atoms with Crippen molar-refractivity contribution in [1.29, 1.82) is 0 Å². The van der Waals surface area contributed by atoms with Crippen molar-refractivity contribution in [3.8, 4) is 5.75 Å². The molecule has 2 aliphatic heterocycles. The predicted octanol–water partition coefficient (Wildman–Crippen LogP) is 4.89. The van der Waals surface area contributed by atoms with Crippen LogP contribution in [-0.2, 0) is 10.0 Å². The molecule has 5 rings (SSSR count). The molecule has 0 aliphatic carbocycles. The summed E-state index contributed by atoms with van der Waals surface area (Å²) in [6, 6.07) is 12.9. The second-order valence-electron chi connectivity index (χ2n) is 9.41. The normalized spacial score (nSPS) is 20.3. The van der Waals surface area contributed by atoms with Gasteiger partial charge in [-0.2, -0.15) is 4.31 Å². The molecular weight excluding hydrogens is 482 g/mol. The van der Waals surface area contributed by atoms with E-state index in [2.05, 4.69) is 6.07 Å². The number of para-hydroxylation sites is 1. The molecule has 1 atom stereocenters. The van der Waals surface area contributed by atoms with Crippen molar-refractivity contribution in [3.05, 3.63) is 53.0 Å². The fourth-order valence-corrected chi connectivity index (χ4v) is 8.16. The lowest BCUT2D eigenvalue weighted by Crippen LogP contribution is -2.42. The lowest BCUT2D eigenvalue weighted by atomic mass is 9.97. The number of aromatic nitrogens is 1. The SMILES string of the molecule is COc1ccc(C(=O)N2CCC(c3nc4ccccc4s3)CC2)cc1S(=O)(=O)N1CCCCC1C. The van der Waals surface area contributed by atoms with Gasteiger partial charge in [0.15, 0.2) is 0 Å². The molecule has 1 unspecified atom stereocenters. The van der Waals surface area contributed by atoms with Crippen LogP contribution >= 0.6 is 11.3 Å². The molecule has 35 heavy (non-hydrogen) atoms. The Balaban J connectivity index is 1.33. The summed E-state index contributed by atoms with van der Waals surface area (Å²) in [5.74, 6) is 0.469. The molecule has 0 spiro atoms. The first-order valence-electron chi connectivity index (χ1n) is 12.2. The Morgan fingerprint density at radius 1 is 1.06 bits per heavy atom. The second-order valence-corrected chi connectivity index (χ2v) is 12.3. The van der Waals surface area contributed by atoms with E-state index in [1.165, 1.54) is 17.9 Å². The van der Waals surface area contributed by atoms with E-state index in [9.17, 15) is 13.2 Å². The number of sulfonamides is 1. The number of carbonyl (C=O) groups is 1. The summed E-state index contributed by atoms with van der Waals surface area (Å²) in [6.45, 7) is 3.67. The third-order valence-electron chi connectivity index (χ3n) is 7.18. The van der Waals surface area contributed by atoms with Gasteiger partial charge in [-0.15, -0.1) is 11.3 Å². The van der Waals surface area contributed by atoms with Crippen LogP contribution in [0.4, 0.5) is 0 Å². The van der Waals surface area contributed by atoms with E-state index < -0.39 is 10.0 Å². The number of benzene rings is 2. The van der Waals surface area contributed by atoms with Gasteiger partial charge in [0, 0.05) is 37.2 Å². The van der Waals surface area contributed by atoms with Crippen LogP contribution < -0.4 is 4.74 Å². The molecular formula is C26H31N3O4S2. The Bertz CT molecular complexity index is 1300. The Hall–Kier alpha value is -2.49. The number of hydrogen-bond donors (Lipinski definition) is 0. The number of likely N-dealkylation sites (tertiary alicyclic amines) is 1. The fraction of sp³-hybridized carbons (Fsp3) is 0.462. The van der Waals surface area contributed by atoms with E-state index in [0.29, 0.717) is 31.1 Å². The van der Waals surface area contributed by atoms with Crippen LogP contribution in [0.25, 0.3) is 10.2 Å². The van der Waals surface area contributed by atoms with Crippen molar-refractivity contribution in [2.24, 2.45) is 0 Å². The van der Waals surface area contributed by atoms with Gasteiger partial charge in [0.05, 0.1) is 22.3 Å². The molecule has 3 aromatic rings. The highest BCUT2D eigenvalue weighted by Gasteiger charge is 2.34. The number of carbonyl (C=O) groups excluding carboxylic acids is 1. The molecule has 0 saturated carbocycles. The molecule has 186 valence electrons. The molecule has 1 amide bonds. The largest absolute Gasteiger partial charge is 0.495 e. The summed E-state index contributed by atoms with van der Waals surface area (Å²) in [7, 11) is -2.31. The molecule has 2 fully saturated rings. The summed E-state index contributed by atoms with van der Waals surface area (Å²) in [6.07, 6.45) is 4.39. The van der Waals surface area contributed by atoms with Crippen molar-refractivity contribution < 1.29 is 17.9 Å². The number of ether oxygens (including phenoxy) is 1. The quantitative estimate of drug-likeness (QED) is 0.485. The highest BCUT2D eigenvalue weighted by atomic mass is 32.2. The van der Waals surface area contributed by atoms with Crippen LogP contribution in [0, 0.1) is 0 Å². The summed E-state index contributed by atoms with van der Waals surface area (Å²) < 4.78 is 35.2. The van der Waals surface area contributed by atoms with Crippen LogP contribution in [0.5, 0.6) is 5.75 Å². The minimum Gasteiger partial charge on any atom is -0.495 e. The lowest BCUT2D eigenvalue weighted by Gasteiger charge is -2.33. The van der Waals surface area contributed by atoms with E-state index in [-0.39, 0.29) is 22.6 Å². The van der Waals surface area contributed by atoms with E-state index >= 15 is 0 Å². The van der Waals surface area contributed by atoms with Crippen LogP contribution in [0.2, 0.25) is 0 Å². The molecule has 0 N–H and O–H groups in total. The highest BCUT2D eigenvalue weighted by molar-refractivity contribution is 7.89. The average molecular weight is 514 g/mol. The number of amides is 1. The fourth-order valence-electron chi connectivity index (χ4n) is 5.14. The molecule has 0 bridgehead atoms. The number of nitrogens with zero attached hydrogens (tertiary/aromatic N) is 3. The number of hydrogen-bond acceptors (Lipinski definition) is 6. The monoisotopic (exact) mass is 513 g/mol. The van der Waals surface area contributed by atoms with E-state index in [1.54, 1.807) is 27.8 Å². The third-order valence-corrected chi connectivity index (χ3v) is 10.4. The average Bonchev–Trinajstić information content (AvgIpc) is 3.32. The molecule has 7 nitrogen and oxygen atoms in total. The zero-order chi connectivity index (χ0) is 24.6. The third kappa shape index (κ3) is 4.69. The van der Waals surface area contributed by atoms with Gasteiger partial charge in [0.1, 0.15) is 10.6 Å². The first-order chi connectivity index (χ1) is 16.9. The first-order valence-corrected chi connectivity index (χ1v) is 14.5. The van der Waals surface area contributed by atoms with Gasteiger partial charge in [-0.25, -0.2) is 13.4 Å². The van der Waals surface area contributed by atoms with Gasteiger partial charge in [0.2, 0.25) is 10.0 Å². The van der Waals surface area contributed by atoms with Crippen molar-refractivity contribution in [1.82, 2.24) is 14.2 Å². The molecule has 2 aromatic carbocycles. The van der Waals surface area contributed by atoms with Gasteiger partial charge < -0.3 is 9.64 Å². The standard InChI is InChI=1S/C26H31N3O4S2/c1-18-7-5-6-14-29(18)35(31,32)24-17-20(10-11-22(24)33-2)26(30)28-15-12-19(13-16-28)25-27-21-8-3-4-9-23(21)34-25/h3-4,8-11,17-19H,5-7,12-16H2,1-2H3. The minimum atomic E-state index is -3.77. The van der Waals surface area contributed by atoms with Crippen LogP contribution in [0.3, 0.4) is 0 Å². The van der Waals surface area contributed by atoms with E-state index in [1.807, 2.05) is 30.0 Å². The molecule has 0 radical (unpaired) electrons. The minimum absolute atomic E-state index is 0.0700. The zero-order valence-electron chi connectivity index (χ0n) is 20.1. The van der Waals surface area contributed by atoms with Gasteiger partial charge in [-0.3, -0.25) is 4.79 Å². The van der Waals surface area contributed by atoms with Crippen molar-refractivity contribution in [2.45, 2.75) is 55.9 Å². The topological polar surface area (TPSA) is 79.8 Å². The van der Waals surface area contributed by atoms with Crippen LogP contribution in [-0.4, -0.2) is 61.3 Å². The van der Waals surface area contributed by atoms with Gasteiger partial charge in [0.25, 0.3) is 5.91 Å². The maximum Gasteiger partial charge on any atom is 0.253 e. The molecule has 3 heterocycles. The van der Waals surface area contributed by atoms with Gasteiger partial charge >= 0.3 is 0 Å². The Labute approximate surface area is 210 Å². The zero-order valence-corrected chi connectivity index (χ0v) is 21.8. The van der Waals surface area contributed by atoms with Crippen LogP contribution in [0.1, 0.15) is 60.3 Å². The van der Waals surface area contributed by atoms with E-state index in [4.69, 9.17) is 9.72 Å². The van der Waals surface area contributed by atoms with Crippen molar-refractivity contribution >= 4 is 37.5 Å². The molecule has 2 saturated heterocycles. The van der Waals surface area contributed by atoms with Crippen LogP contribution in [0.15, 0.2) is 47.4 Å². The summed E-state index contributed by atoms with van der Waals surface area (Å²) in [4.78, 5) is 20.1. The summed E-state index contributed by atoms with van der Waals surface area (Å²) in [5.41, 5.74) is 1.41. The maximum absolute atomic E-state index is 13.5. The molecule has 1 aromatic heterocycles. The smallest absolute Gasteiger partial charge is 0.253 e. The summed E-state index contributed by atoms with van der Waals surface area (Å²) in [5, 5.41) is 1.13. The second kappa shape index (κ2) is 9.87. The van der Waals surface area contributed by atoms with Gasteiger partial charge in [-0.1, -0.05) is 18.6 Å². The first kappa shape index (κ1) is 24.2. The van der Waals surface area contributed by atoms with E-state index in [0.717, 1.165) is 42.6 Å². The molecule has 9 heteroatoms. The Morgan fingerprint density at radius 3 is 2.54 bits per heavy atom.